The van der Waals surface area contributed by atoms with Crippen LogP contribution in [0.4, 0.5) is 0 Å². The summed E-state index contributed by atoms with van der Waals surface area (Å²) in [5.41, 5.74) is 0. The van der Waals surface area contributed by atoms with E-state index in [-0.39, 0.29) is 13.0 Å². The molecular formula is C5H12O5P2. The molecule has 1 N–H and O–H groups in total. The summed E-state index contributed by atoms with van der Waals surface area (Å²) in [7, 11) is -7.33. The highest BCUT2D eigenvalue weighted by molar-refractivity contribution is 8.29. The molecule has 0 saturated carbocycles. The van der Waals surface area contributed by atoms with E-state index in [1.54, 1.807) is 0 Å². The van der Waals surface area contributed by atoms with Gasteiger partial charge < -0.3 is 4.89 Å². The van der Waals surface area contributed by atoms with E-state index < -0.39 is 14.3 Å². The van der Waals surface area contributed by atoms with E-state index in [0.717, 1.165) is 6.42 Å². The van der Waals surface area contributed by atoms with E-state index in [0.29, 0.717) is 6.42 Å². The van der Waals surface area contributed by atoms with Crippen LogP contribution >= 0.6 is 14.3 Å². The normalized spacial score (nSPS) is 25.8. The molecule has 0 spiro atoms. The predicted octanol–water partition coefficient (Wildman–Crippen LogP) is 2.17. The Kier molecular flexibility index (Phi) is 3.13. The van der Waals surface area contributed by atoms with Crippen LogP contribution in [0, 0.1) is 0 Å². The van der Waals surface area contributed by atoms with Gasteiger partial charge in [0, 0.05) is 6.16 Å². The standard InChI is InChI=1S/C5H12O5P2/c1-2-3-4-11(6,7)12(8)9-5-10-12/h2-5H2,1H3,(H,6,7). The lowest BCUT2D eigenvalue weighted by atomic mass is 10.4. The van der Waals surface area contributed by atoms with Crippen LogP contribution in [-0.2, 0) is 18.2 Å². The molecule has 0 aromatic heterocycles. The molecule has 7 heteroatoms. The number of hydrogen-bond donors (Lipinski definition) is 1. The molecule has 1 heterocycles. The summed E-state index contributed by atoms with van der Waals surface area (Å²) in [6.07, 6.45) is 1.36. The fraction of sp³-hybridized carbons (Fsp3) is 1.00. The third-order valence-electron chi connectivity index (χ3n) is 1.62. The van der Waals surface area contributed by atoms with Crippen molar-refractivity contribution in [2.45, 2.75) is 19.8 Å². The van der Waals surface area contributed by atoms with Crippen LogP contribution in [0.3, 0.4) is 0 Å². The van der Waals surface area contributed by atoms with Crippen molar-refractivity contribution in [1.82, 2.24) is 0 Å². The van der Waals surface area contributed by atoms with Crippen LogP contribution in [0.2, 0.25) is 0 Å². The average molecular weight is 214 g/mol. The van der Waals surface area contributed by atoms with Crippen LogP contribution in [0.15, 0.2) is 0 Å². The first-order valence-corrected chi connectivity index (χ1v) is 7.82. The third-order valence-corrected chi connectivity index (χ3v) is 7.73. The fourth-order valence-corrected chi connectivity index (χ4v) is 4.95. The number of unbranched alkanes of at least 4 members (excludes halogenated alkanes) is 1. The quantitative estimate of drug-likeness (QED) is 0.726. The van der Waals surface area contributed by atoms with Crippen molar-refractivity contribution < 1.29 is 23.1 Å². The molecule has 0 bridgehead atoms. The highest BCUT2D eigenvalue weighted by atomic mass is 32.1. The van der Waals surface area contributed by atoms with Crippen LogP contribution in [0.1, 0.15) is 19.8 Å². The van der Waals surface area contributed by atoms with Crippen molar-refractivity contribution in [2.24, 2.45) is 0 Å². The van der Waals surface area contributed by atoms with Gasteiger partial charge in [-0.15, -0.1) is 0 Å². The van der Waals surface area contributed by atoms with Crippen molar-refractivity contribution in [3.8, 4) is 0 Å². The molecule has 0 amide bonds. The summed E-state index contributed by atoms with van der Waals surface area (Å²) in [5.74, 6) is 0. The first-order valence-electron chi connectivity index (χ1n) is 3.73. The molecule has 1 saturated heterocycles. The van der Waals surface area contributed by atoms with Gasteiger partial charge in [0.1, 0.15) is 0 Å². The van der Waals surface area contributed by atoms with Crippen molar-refractivity contribution in [2.75, 3.05) is 13.0 Å². The molecule has 12 heavy (non-hydrogen) atoms. The Morgan fingerprint density at radius 2 is 2.17 bits per heavy atom. The lowest BCUT2D eigenvalue weighted by Crippen LogP contribution is -2.11. The summed E-state index contributed by atoms with van der Waals surface area (Å²) in [5, 5.41) is 0. The zero-order valence-corrected chi connectivity index (χ0v) is 8.59. The molecule has 72 valence electrons. The van der Waals surface area contributed by atoms with Crippen LogP contribution in [0.5, 0.6) is 0 Å². The van der Waals surface area contributed by atoms with Crippen molar-refractivity contribution in [3.63, 3.8) is 0 Å². The van der Waals surface area contributed by atoms with Gasteiger partial charge in [0.05, 0.1) is 0 Å². The smallest absolute Gasteiger partial charge is 0.336 e. The molecule has 1 aliphatic rings. The van der Waals surface area contributed by atoms with E-state index in [9.17, 15) is 14.0 Å². The monoisotopic (exact) mass is 214 g/mol. The molecule has 1 rings (SSSR count). The van der Waals surface area contributed by atoms with Crippen LogP contribution in [-0.4, -0.2) is 17.8 Å². The average Bonchev–Trinajstić information content (AvgIpc) is 1.96. The number of hydrogen-bond acceptors (Lipinski definition) is 4. The van der Waals surface area contributed by atoms with Crippen molar-refractivity contribution >= 4 is 14.3 Å². The Morgan fingerprint density at radius 3 is 2.50 bits per heavy atom. The van der Waals surface area contributed by atoms with Gasteiger partial charge in [0.2, 0.25) is 0 Å². The van der Waals surface area contributed by atoms with Gasteiger partial charge in [0.25, 0.3) is 0 Å². The van der Waals surface area contributed by atoms with Gasteiger partial charge in [-0.3, -0.25) is 13.6 Å². The van der Waals surface area contributed by atoms with E-state index in [2.05, 4.69) is 9.05 Å². The first kappa shape index (κ1) is 10.4. The minimum atomic E-state index is -3.71. The van der Waals surface area contributed by atoms with Gasteiger partial charge in [-0.25, -0.2) is 4.57 Å². The molecule has 0 aromatic rings. The fourth-order valence-electron chi connectivity index (χ4n) is 0.810. The number of rotatable bonds is 4. The largest absolute Gasteiger partial charge is 0.416 e. The SMILES string of the molecule is CCCCP(=O)(O)P1(=O)OCO1. The second kappa shape index (κ2) is 3.60. The maximum absolute atomic E-state index is 11.3. The molecular weight excluding hydrogens is 202 g/mol. The minimum absolute atomic E-state index is 0.0147. The Hall–Kier alpha value is 0.340. The van der Waals surface area contributed by atoms with E-state index in [1.807, 2.05) is 6.92 Å². The zero-order valence-electron chi connectivity index (χ0n) is 6.80. The molecule has 0 radical (unpaired) electrons. The second-order valence-electron chi connectivity index (χ2n) is 2.59. The van der Waals surface area contributed by atoms with Crippen molar-refractivity contribution in [3.05, 3.63) is 0 Å². The van der Waals surface area contributed by atoms with Gasteiger partial charge >= 0.3 is 14.3 Å². The van der Waals surface area contributed by atoms with E-state index >= 15 is 0 Å². The van der Waals surface area contributed by atoms with Gasteiger partial charge in [-0.2, -0.15) is 0 Å². The Morgan fingerprint density at radius 1 is 1.58 bits per heavy atom. The highest BCUT2D eigenvalue weighted by Gasteiger charge is 2.51. The highest BCUT2D eigenvalue weighted by Crippen LogP contribution is 2.84. The van der Waals surface area contributed by atoms with Gasteiger partial charge in [0.15, 0.2) is 6.79 Å². The van der Waals surface area contributed by atoms with E-state index in [1.165, 1.54) is 0 Å². The first-order chi connectivity index (χ1) is 5.52. The summed E-state index contributed by atoms with van der Waals surface area (Å²) in [4.78, 5) is 9.27. The van der Waals surface area contributed by atoms with Gasteiger partial charge in [-0.1, -0.05) is 13.3 Å². The maximum atomic E-state index is 11.3. The summed E-state index contributed by atoms with van der Waals surface area (Å²) >= 11 is 0. The topological polar surface area (TPSA) is 72.8 Å². The zero-order chi connectivity index (χ0) is 9.24. The molecule has 1 aliphatic heterocycles. The minimum Gasteiger partial charge on any atom is -0.336 e. The lowest BCUT2D eigenvalue weighted by molar-refractivity contribution is 0.0180. The van der Waals surface area contributed by atoms with Crippen LogP contribution in [0.25, 0.3) is 0 Å². The summed E-state index contributed by atoms with van der Waals surface area (Å²) < 4.78 is 31.6. The Bertz CT molecular complexity index is 242. The summed E-state index contributed by atoms with van der Waals surface area (Å²) in [6, 6.07) is 0. The Balaban J connectivity index is 2.58. The molecule has 1 atom stereocenters. The van der Waals surface area contributed by atoms with Crippen molar-refractivity contribution in [1.29, 1.82) is 0 Å². The van der Waals surface area contributed by atoms with Crippen LogP contribution < -0.4 is 0 Å². The molecule has 5 nitrogen and oxygen atoms in total. The summed E-state index contributed by atoms with van der Waals surface area (Å²) in [6.45, 7) is 1.76. The third kappa shape index (κ3) is 1.81. The van der Waals surface area contributed by atoms with E-state index in [4.69, 9.17) is 0 Å². The molecule has 0 aromatic carbocycles. The lowest BCUT2D eigenvalue weighted by Gasteiger charge is -2.29. The molecule has 1 fully saturated rings. The molecule has 1 unspecified atom stereocenters. The molecule has 0 aliphatic carbocycles. The second-order valence-corrected chi connectivity index (χ2v) is 9.16. The Labute approximate surface area is 70.9 Å². The predicted molar refractivity (Wildman–Crippen MR) is 44.2 cm³/mol. The maximum Gasteiger partial charge on any atom is 0.416 e. The van der Waals surface area contributed by atoms with Gasteiger partial charge in [-0.05, 0) is 6.42 Å².